The van der Waals surface area contributed by atoms with Crippen molar-refractivity contribution in [1.82, 2.24) is 9.97 Å². The third kappa shape index (κ3) is 2.66. The fourth-order valence-corrected chi connectivity index (χ4v) is 5.15. The number of benzene rings is 3. The fraction of sp³-hybridized carbons (Fsp3) is 0.0714. The van der Waals surface area contributed by atoms with Crippen LogP contribution < -0.4 is 0 Å². The minimum atomic E-state index is -1.21. The van der Waals surface area contributed by atoms with Crippen molar-refractivity contribution in [3.63, 3.8) is 0 Å². The maximum atomic E-state index is 14.5. The number of hydrogen-bond donors (Lipinski definition) is 2. The summed E-state index contributed by atoms with van der Waals surface area (Å²) in [6.07, 6.45) is 5.47. The molecule has 1 aliphatic rings. The first-order valence-electron chi connectivity index (χ1n) is 10.8. The molecule has 2 aromatic heterocycles. The number of hydrogen-bond acceptors (Lipinski definition) is 3. The third-order valence-electron chi connectivity index (χ3n) is 6.46. The number of ketones is 1. The Morgan fingerprint density at radius 1 is 0.758 bits per heavy atom. The van der Waals surface area contributed by atoms with E-state index in [9.17, 15) is 9.59 Å². The van der Waals surface area contributed by atoms with Crippen molar-refractivity contribution >= 4 is 39.6 Å². The number of esters is 1. The van der Waals surface area contributed by atoms with Crippen LogP contribution in [0.3, 0.4) is 0 Å². The summed E-state index contributed by atoms with van der Waals surface area (Å²) in [5, 5.41) is 1.88. The Hall–Kier alpha value is -4.38. The number of H-pyrrole nitrogens is 2. The van der Waals surface area contributed by atoms with E-state index < -0.39 is 11.4 Å². The van der Waals surface area contributed by atoms with Crippen LogP contribution in [0, 0.1) is 0 Å². The Balaban J connectivity index is 1.80. The van der Waals surface area contributed by atoms with E-state index in [0.29, 0.717) is 0 Å². The summed E-state index contributed by atoms with van der Waals surface area (Å²) in [7, 11) is 0. The summed E-state index contributed by atoms with van der Waals surface area (Å²) >= 11 is 0. The lowest BCUT2D eigenvalue weighted by Crippen LogP contribution is -2.42. The monoisotopic (exact) mass is 432 g/mol. The second-order valence-corrected chi connectivity index (χ2v) is 8.26. The highest BCUT2D eigenvalue weighted by atomic mass is 16.5. The number of Topliss-reactive ketones (excluding diaryl/α,β-unsaturated/α-hetero) is 1. The summed E-state index contributed by atoms with van der Waals surface area (Å²) in [6, 6.07) is 23.6. The quantitative estimate of drug-likeness (QED) is 0.371. The SMILES string of the molecule is CC(=O)OC1=Cc2ccccc2C(c2c[nH]c3ccccc23)(c2c[nH]c3ccccc23)C1=O. The Morgan fingerprint density at radius 3 is 1.91 bits per heavy atom. The molecule has 0 aliphatic heterocycles. The molecule has 5 heteroatoms. The minimum absolute atomic E-state index is 0.0387. The van der Waals surface area contributed by atoms with Crippen molar-refractivity contribution in [3.05, 3.63) is 113 Å². The summed E-state index contributed by atoms with van der Waals surface area (Å²) in [5.74, 6) is -0.761. The number of ether oxygens (including phenoxy) is 1. The van der Waals surface area contributed by atoms with Crippen molar-refractivity contribution in [2.75, 3.05) is 0 Å². The van der Waals surface area contributed by atoms with Crippen molar-refractivity contribution < 1.29 is 14.3 Å². The van der Waals surface area contributed by atoms with Gasteiger partial charge in [-0.25, -0.2) is 0 Å². The van der Waals surface area contributed by atoms with Crippen molar-refractivity contribution in [3.8, 4) is 0 Å². The second-order valence-electron chi connectivity index (χ2n) is 8.26. The number of aromatic nitrogens is 2. The Morgan fingerprint density at radius 2 is 1.30 bits per heavy atom. The molecule has 33 heavy (non-hydrogen) atoms. The number of para-hydroxylation sites is 2. The van der Waals surface area contributed by atoms with Gasteiger partial charge in [-0.2, -0.15) is 0 Å². The zero-order valence-electron chi connectivity index (χ0n) is 17.9. The van der Waals surface area contributed by atoms with Crippen LogP contribution in [0.15, 0.2) is 90.9 Å². The first kappa shape index (κ1) is 19.3. The molecule has 0 amide bonds. The first-order valence-corrected chi connectivity index (χ1v) is 10.8. The molecule has 160 valence electrons. The summed E-state index contributed by atoms with van der Waals surface area (Å²) in [4.78, 5) is 33.1. The standard InChI is InChI=1S/C28H20N2O3/c1-17(31)33-26-14-18-8-2-5-11-21(18)28(27(26)32,22-15-29-24-12-6-3-9-19(22)24)23-16-30-25-13-7-4-10-20(23)25/h2-16,29-30H,1H3. The molecule has 1 aliphatic carbocycles. The zero-order valence-corrected chi connectivity index (χ0v) is 17.9. The second kappa shape index (κ2) is 7.07. The van der Waals surface area contributed by atoms with Gasteiger partial charge in [0.1, 0.15) is 5.41 Å². The Bertz CT molecular complexity index is 1530. The molecule has 0 fully saturated rings. The Kier molecular flexibility index (Phi) is 4.14. The first-order chi connectivity index (χ1) is 16.1. The van der Waals surface area contributed by atoms with Gasteiger partial charge in [-0.15, -0.1) is 0 Å². The van der Waals surface area contributed by atoms with Crippen molar-refractivity contribution in [1.29, 1.82) is 0 Å². The Labute approximate surface area is 189 Å². The molecule has 0 unspecified atom stereocenters. The average molecular weight is 432 g/mol. The molecule has 0 saturated carbocycles. The molecule has 0 bridgehead atoms. The van der Waals surface area contributed by atoms with Gasteiger partial charge >= 0.3 is 5.97 Å². The molecule has 3 aromatic carbocycles. The van der Waals surface area contributed by atoms with Crippen LogP contribution in [0.25, 0.3) is 27.9 Å². The van der Waals surface area contributed by atoms with Gasteiger partial charge in [0.15, 0.2) is 5.76 Å². The number of nitrogens with one attached hydrogen (secondary N) is 2. The van der Waals surface area contributed by atoms with Crippen molar-refractivity contribution in [2.24, 2.45) is 0 Å². The lowest BCUT2D eigenvalue weighted by Gasteiger charge is -2.37. The number of rotatable bonds is 3. The van der Waals surface area contributed by atoms with Crippen LogP contribution in [0.2, 0.25) is 0 Å². The molecular weight excluding hydrogens is 412 g/mol. The molecule has 5 aromatic rings. The lowest BCUT2D eigenvalue weighted by atomic mass is 9.62. The van der Waals surface area contributed by atoms with E-state index >= 15 is 0 Å². The van der Waals surface area contributed by atoms with E-state index in [1.165, 1.54) is 6.92 Å². The minimum Gasteiger partial charge on any atom is -0.423 e. The molecule has 2 N–H and O–H groups in total. The lowest BCUT2D eigenvalue weighted by molar-refractivity contribution is -0.140. The molecule has 5 nitrogen and oxygen atoms in total. The van der Waals surface area contributed by atoms with Crippen LogP contribution in [0.5, 0.6) is 0 Å². The normalized spacial score (nSPS) is 14.8. The van der Waals surface area contributed by atoms with Gasteiger partial charge in [0.05, 0.1) is 0 Å². The molecule has 0 spiro atoms. The van der Waals surface area contributed by atoms with Gasteiger partial charge in [-0.05, 0) is 29.3 Å². The van der Waals surface area contributed by atoms with Crippen LogP contribution >= 0.6 is 0 Å². The molecule has 6 rings (SSSR count). The predicted molar refractivity (Wildman–Crippen MR) is 128 cm³/mol. The molecule has 0 saturated heterocycles. The van der Waals surface area contributed by atoms with E-state index in [4.69, 9.17) is 4.74 Å². The molecular formula is C28H20N2O3. The van der Waals surface area contributed by atoms with E-state index in [0.717, 1.165) is 44.1 Å². The number of carbonyl (C=O) groups is 2. The largest absolute Gasteiger partial charge is 0.423 e. The number of carbonyl (C=O) groups excluding carboxylic acids is 2. The van der Waals surface area contributed by atoms with Gasteiger partial charge in [-0.1, -0.05) is 60.7 Å². The molecule has 0 radical (unpaired) electrons. The molecule has 0 atom stereocenters. The van der Waals surface area contributed by atoms with E-state index in [1.807, 2.05) is 85.2 Å². The summed E-state index contributed by atoms with van der Waals surface area (Å²) in [5.41, 5.74) is 3.97. The van der Waals surface area contributed by atoms with Gasteiger partial charge in [0.2, 0.25) is 5.78 Å². The van der Waals surface area contributed by atoms with Gasteiger partial charge < -0.3 is 14.7 Å². The van der Waals surface area contributed by atoms with Crippen LogP contribution in [0.1, 0.15) is 29.2 Å². The highest BCUT2D eigenvalue weighted by Crippen LogP contribution is 2.50. The van der Waals surface area contributed by atoms with Gasteiger partial charge in [0, 0.05) is 52.3 Å². The highest BCUT2D eigenvalue weighted by Gasteiger charge is 2.51. The maximum Gasteiger partial charge on any atom is 0.308 e. The number of aromatic amines is 2. The van der Waals surface area contributed by atoms with Crippen LogP contribution in [-0.4, -0.2) is 21.7 Å². The van der Waals surface area contributed by atoms with Crippen LogP contribution in [0.4, 0.5) is 0 Å². The van der Waals surface area contributed by atoms with E-state index in [2.05, 4.69) is 9.97 Å². The van der Waals surface area contributed by atoms with E-state index in [1.54, 1.807) is 6.08 Å². The number of fused-ring (bicyclic) bond motifs is 3. The van der Waals surface area contributed by atoms with Gasteiger partial charge in [0.25, 0.3) is 0 Å². The van der Waals surface area contributed by atoms with Crippen LogP contribution in [-0.2, 0) is 19.7 Å². The zero-order chi connectivity index (χ0) is 22.6. The molecule has 2 heterocycles. The maximum absolute atomic E-state index is 14.5. The topological polar surface area (TPSA) is 75.0 Å². The number of allylic oxidation sites excluding steroid dienone is 1. The van der Waals surface area contributed by atoms with Crippen molar-refractivity contribution in [2.45, 2.75) is 12.3 Å². The van der Waals surface area contributed by atoms with E-state index in [-0.39, 0.29) is 11.5 Å². The summed E-state index contributed by atoms with van der Waals surface area (Å²) < 4.78 is 5.49. The fourth-order valence-electron chi connectivity index (χ4n) is 5.15. The average Bonchev–Trinajstić information content (AvgIpc) is 3.45. The predicted octanol–water partition coefficient (Wildman–Crippen LogP) is 5.47. The smallest absolute Gasteiger partial charge is 0.308 e. The summed E-state index contributed by atoms with van der Waals surface area (Å²) in [6.45, 7) is 1.31. The van der Waals surface area contributed by atoms with Gasteiger partial charge in [-0.3, -0.25) is 9.59 Å². The third-order valence-corrected chi connectivity index (χ3v) is 6.46. The highest BCUT2D eigenvalue weighted by molar-refractivity contribution is 6.17.